The molecule has 1 saturated carbocycles. The first-order valence-corrected chi connectivity index (χ1v) is 7.93. The summed E-state index contributed by atoms with van der Waals surface area (Å²) in [6.07, 6.45) is 9.63. The molecule has 0 radical (unpaired) electrons. The zero-order valence-corrected chi connectivity index (χ0v) is 12.0. The Morgan fingerprint density at radius 3 is 2.63 bits per heavy atom. The second kappa shape index (κ2) is 8.54. The normalized spacial score (nSPS) is 21.7. The smallest absolute Gasteiger partial charge is 0.222 e. The lowest BCUT2D eigenvalue weighted by atomic mass is 10.0. The van der Waals surface area contributed by atoms with Crippen LogP contribution in [0.2, 0.25) is 0 Å². The predicted molar refractivity (Wildman–Crippen MR) is 76.0 cm³/mol. The van der Waals surface area contributed by atoms with Crippen molar-refractivity contribution in [2.24, 2.45) is 5.92 Å². The minimum absolute atomic E-state index is 0.145. The van der Waals surface area contributed by atoms with E-state index in [1.165, 1.54) is 25.7 Å². The standard InChI is InChI=1S/C15H28N2O2/c18-15(17-11-5-13-3-1-2-4-13)8-12-19-14-6-9-16-10-7-14/h13-14,16H,1-12H2,(H,17,18). The molecule has 0 unspecified atom stereocenters. The fraction of sp³-hybridized carbons (Fsp3) is 0.933. The van der Waals surface area contributed by atoms with Crippen molar-refractivity contribution < 1.29 is 9.53 Å². The van der Waals surface area contributed by atoms with Gasteiger partial charge in [0.2, 0.25) is 5.91 Å². The highest BCUT2D eigenvalue weighted by molar-refractivity contribution is 5.75. The Labute approximate surface area is 116 Å². The van der Waals surface area contributed by atoms with Gasteiger partial charge in [-0.15, -0.1) is 0 Å². The molecule has 2 rings (SSSR count). The van der Waals surface area contributed by atoms with E-state index in [9.17, 15) is 4.79 Å². The third kappa shape index (κ3) is 5.91. The first kappa shape index (κ1) is 14.8. The van der Waals surface area contributed by atoms with Gasteiger partial charge in [0.15, 0.2) is 0 Å². The van der Waals surface area contributed by atoms with Crippen molar-refractivity contribution in [1.82, 2.24) is 10.6 Å². The van der Waals surface area contributed by atoms with Gasteiger partial charge in [-0.1, -0.05) is 25.7 Å². The van der Waals surface area contributed by atoms with Gasteiger partial charge in [0.05, 0.1) is 12.7 Å². The average molecular weight is 268 g/mol. The molecule has 0 aromatic carbocycles. The molecule has 1 saturated heterocycles. The van der Waals surface area contributed by atoms with Crippen LogP contribution < -0.4 is 10.6 Å². The number of ether oxygens (including phenoxy) is 1. The van der Waals surface area contributed by atoms with Crippen molar-refractivity contribution in [3.63, 3.8) is 0 Å². The van der Waals surface area contributed by atoms with Gasteiger partial charge in [0.25, 0.3) is 0 Å². The zero-order chi connectivity index (χ0) is 13.3. The molecule has 1 amide bonds. The van der Waals surface area contributed by atoms with Gasteiger partial charge in [0.1, 0.15) is 0 Å². The van der Waals surface area contributed by atoms with Crippen LogP contribution in [0.5, 0.6) is 0 Å². The van der Waals surface area contributed by atoms with Crippen molar-refractivity contribution in [1.29, 1.82) is 0 Å². The molecule has 2 aliphatic rings. The summed E-state index contributed by atoms with van der Waals surface area (Å²) in [6, 6.07) is 0. The van der Waals surface area contributed by atoms with Gasteiger partial charge in [-0.25, -0.2) is 0 Å². The van der Waals surface area contributed by atoms with Crippen molar-refractivity contribution in [2.75, 3.05) is 26.2 Å². The Kier molecular flexibility index (Phi) is 6.65. The number of hydrogen-bond acceptors (Lipinski definition) is 3. The van der Waals surface area contributed by atoms with Crippen LogP contribution in [-0.2, 0) is 9.53 Å². The summed E-state index contributed by atoms with van der Waals surface area (Å²) in [5, 5.41) is 6.33. The molecule has 1 aliphatic heterocycles. The van der Waals surface area contributed by atoms with E-state index in [1.54, 1.807) is 0 Å². The number of nitrogens with one attached hydrogen (secondary N) is 2. The van der Waals surface area contributed by atoms with Crippen LogP contribution in [-0.4, -0.2) is 38.3 Å². The summed E-state index contributed by atoms with van der Waals surface area (Å²) in [4.78, 5) is 11.7. The second-order valence-corrected chi connectivity index (χ2v) is 5.86. The molecule has 2 fully saturated rings. The lowest BCUT2D eigenvalue weighted by Gasteiger charge is -2.22. The Balaban J connectivity index is 1.44. The highest BCUT2D eigenvalue weighted by Crippen LogP contribution is 2.26. The highest BCUT2D eigenvalue weighted by atomic mass is 16.5. The van der Waals surface area contributed by atoms with Crippen LogP contribution in [0, 0.1) is 5.92 Å². The SMILES string of the molecule is O=C(CCOC1CCNCC1)NCCC1CCCC1. The summed E-state index contributed by atoms with van der Waals surface area (Å²) in [6.45, 7) is 3.49. The van der Waals surface area contributed by atoms with Gasteiger partial charge < -0.3 is 15.4 Å². The number of piperidine rings is 1. The maximum absolute atomic E-state index is 11.7. The van der Waals surface area contributed by atoms with Crippen LogP contribution in [0.15, 0.2) is 0 Å². The third-order valence-corrected chi connectivity index (χ3v) is 4.32. The van der Waals surface area contributed by atoms with Gasteiger partial charge in [-0.05, 0) is 38.3 Å². The quantitative estimate of drug-likeness (QED) is 0.741. The first-order chi connectivity index (χ1) is 9.34. The minimum atomic E-state index is 0.145. The van der Waals surface area contributed by atoms with Crippen LogP contribution in [0.1, 0.15) is 51.4 Å². The van der Waals surface area contributed by atoms with Crippen molar-refractivity contribution in [3.8, 4) is 0 Å². The number of hydrogen-bond donors (Lipinski definition) is 2. The maximum Gasteiger partial charge on any atom is 0.222 e. The van der Waals surface area contributed by atoms with E-state index in [0.717, 1.165) is 44.8 Å². The van der Waals surface area contributed by atoms with Crippen LogP contribution >= 0.6 is 0 Å². The Bertz CT molecular complexity index is 259. The first-order valence-electron chi connectivity index (χ1n) is 7.93. The molecule has 19 heavy (non-hydrogen) atoms. The fourth-order valence-electron chi connectivity index (χ4n) is 3.08. The van der Waals surface area contributed by atoms with Gasteiger partial charge >= 0.3 is 0 Å². The molecule has 110 valence electrons. The zero-order valence-electron chi connectivity index (χ0n) is 12.0. The summed E-state index contributed by atoms with van der Waals surface area (Å²) >= 11 is 0. The Hall–Kier alpha value is -0.610. The van der Waals surface area contributed by atoms with Crippen molar-refractivity contribution >= 4 is 5.91 Å². The monoisotopic (exact) mass is 268 g/mol. The number of rotatable bonds is 7. The Morgan fingerprint density at radius 1 is 1.16 bits per heavy atom. The molecule has 2 N–H and O–H groups in total. The summed E-state index contributed by atoms with van der Waals surface area (Å²) in [5.74, 6) is 0.998. The Morgan fingerprint density at radius 2 is 1.89 bits per heavy atom. The number of carbonyl (C=O) groups is 1. The van der Waals surface area contributed by atoms with Crippen molar-refractivity contribution in [2.45, 2.75) is 57.5 Å². The number of amides is 1. The predicted octanol–water partition coefficient (Wildman–Crippen LogP) is 1.84. The topological polar surface area (TPSA) is 50.4 Å². The third-order valence-electron chi connectivity index (χ3n) is 4.32. The molecular formula is C15H28N2O2. The largest absolute Gasteiger partial charge is 0.378 e. The van der Waals surface area contributed by atoms with E-state index in [1.807, 2.05) is 0 Å². The maximum atomic E-state index is 11.7. The van der Waals surface area contributed by atoms with E-state index >= 15 is 0 Å². The molecule has 0 bridgehead atoms. The fourth-order valence-corrected chi connectivity index (χ4v) is 3.08. The second-order valence-electron chi connectivity index (χ2n) is 5.86. The molecule has 0 atom stereocenters. The van der Waals surface area contributed by atoms with E-state index in [-0.39, 0.29) is 5.91 Å². The molecular weight excluding hydrogens is 240 g/mol. The summed E-state index contributed by atoms with van der Waals surface area (Å²) in [7, 11) is 0. The highest BCUT2D eigenvalue weighted by Gasteiger charge is 2.15. The van der Waals surface area contributed by atoms with Crippen LogP contribution in [0.25, 0.3) is 0 Å². The van der Waals surface area contributed by atoms with E-state index in [2.05, 4.69) is 10.6 Å². The summed E-state index contributed by atoms with van der Waals surface area (Å²) in [5.41, 5.74) is 0. The van der Waals surface area contributed by atoms with E-state index in [4.69, 9.17) is 4.74 Å². The van der Waals surface area contributed by atoms with Gasteiger partial charge in [-0.2, -0.15) is 0 Å². The molecule has 1 heterocycles. The summed E-state index contributed by atoms with van der Waals surface area (Å²) < 4.78 is 5.73. The molecule has 1 aliphatic carbocycles. The molecule has 0 aromatic heterocycles. The lowest BCUT2D eigenvalue weighted by Crippen LogP contribution is -2.33. The molecule has 4 nitrogen and oxygen atoms in total. The van der Waals surface area contributed by atoms with E-state index in [0.29, 0.717) is 19.1 Å². The minimum Gasteiger partial charge on any atom is -0.378 e. The average Bonchev–Trinajstić information content (AvgIpc) is 2.93. The van der Waals surface area contributed by atoms with Crippen LogP contribution in [0.3, 0.4) is 0 Å². The van der Waals surface area contributed by atoms with Gasteiger partial charge in [0, 0.05) is 13.0 Å². The van der Waals surface area contributed by atoms with Gasteiger partial charge in [-0.3, -0.25) is 4.79 Å². The molecule has 0 aromatic rings. The van der Waals surface area contributed by atoms with Crippen LogP contribution in [0.4, 0.5) is 0 Å². The number of carbonyl (C=O) groups excluding carboxylic acids is 1. The molecule has 4 heteroatoms. The van der Waals surface area contributed by atoms with E-state index < -0.39 is 0 Å². The lowest BCUT2D eigenvalue weighted by molar-refractivity contribution is -0.122. The molecule has 0 spiro atoms. The van der Waals surface area contributed by atoms with Crippen molar-refractivity contribution in [3.05, 3.63) is 0 Å².